The maximum absolute atomic E-state index is 10.7. The molecule has 1 N–H and O–H groups in total. The molecule has 6 rings (SSSR count). The van der Waals surface area contributed by atoms with Crippen LogP contribution in [0.2, 0.25) is 0 Å². The second-order valence-corrected chi connectivity index (χ2v) is 15.3. The van der Waals surface area contributed by atoms with Crippen molar-refractivity contribution in [3.63, 3.8) is 0 Å². The maximum atomic E-state index is 10.7. The van der Waals surface area contributed by atoms with E-state index in [-0.39, 0.29) is 5.41 Å². The summed E-state index contributed by atoms with van der Waals surface area (Å²) in [5, 5.41) is 10.7. The topological polar surface area (TPSA) is 20.2 Å². The Balaban J connectivity index is 1.46. The van der Waals surface area contributed by atoms with Gasteiger partial charge < -0.3 is 5.11 Å². The van der Waals surface area contributed by atoms with E-state index in [1.54, 1.807) is 5.57 Å². The molecule has 32 heavy (non-hydrogen) atoms. The number of rotatable bonds is 1. The highest BCUT2D eigenvalue weighted by atomic mass is 16.3. The van der Waals surface area contributed by atoms with E-state index in [1.165, 1.54) is 64.2 Å². The SMILES string of the molecule is C=C1CC2CC3C4(C)CCC(C)C(C)(C)C4CCC3(C)C3(C)CCC4(CO)CCC1C4C23. The number of hydrogen-bond acceptors (Lipinski definition) is 1. The molecule has 0 aromatic rings. The Morgan fingerprint density at radius 3 is 2.31 bits per heavy atom. The van der Waals surface area contributed by atoms with E-state index < -0.39 is 0 Å². The zero-order valence-corrected chi connectivity index (χ0v) is 22.0. The normalized spacial score (nSPS) is 60.3. The van der Waals surface area contributed by atoms with Gasteiger partial charge in [-0.1, -0.05) is 53.7 Å². The lowest BCUT2D eigenvalue weighted by atomic mass is 9.29. The Hall–Kier alpha value is -0.300. The predicted octanol–water partition coefficient (Wildman–Crippen LogP) is 7.88. The minimum Gasteiger partial charge on any atom is -0.396 e. The fourth-order valence-electron chi connectivity index (χ4n) is 12.5. The summed E-state index contributed by atoms with van der Waals surface area (Å²) in [6.45, 7) is 21.1. The summed E-state index contributed by atoms with van der Waals surface area (Å²) in [5.74, 6) is 5.63. The van der Waals surface area contributed by atoms with E-state index in [1.807, 2.05) is 0 Å². The molecule has 0 aromatic heterocycles. The van der Waals surface area contributed by atoms with Crippen LogP contribution in [0, 0.1) is 68.5 Å². The van der Waals surface area contributed by atoms with E-state index in [0.717, 1.165) is 29.6 Å². The van der Waals surface area contributed by atoms with Gasteiger partial charge in [-0.2, -0.15) is 0 Å². The molecular weight excluding hydrogens is 388 g/mol. The van der Waals surface area contributed by atoms with Gasteiger partial charge in [-0.05, 0) is 133 Å². The molecule has 0 radical (unpaired) electrons. The summed E-state index contributed by atoms with van der Waals surface area (Å²) in [6, 6.07) is 0. The zero-order valence-electron chi connectivity index (χ0n) is 22.0. The molecule has 0 saturated heterocycles. The van der Waals surface area contributed by atoms with Crippen LogP contribution in [0.25, 0.3) is 0 Å². The van der Waals surface area contributed by atoms with Crippen LogP contribution in [-0.4, -0.2) is 11.7 Å². The minimum atomic E-state index is 0.211. The largest absolute Gasteiger partial charge is 0.396 e. The van der Waals surface area contributed by atoms with Gasteiger partial charge in [-0.15, -0.1) is 0 Å². The molecule has 6 fully saturated rings. The van der Waals surface area contributed by atoms with Crippen molar-refractivity contribution in [3.8, 4) is 0 Å². The summed E-state index contributed by atoms with van der Waals surface area (Å²) in [6.07, 6.45) is 13.7. The van der Waals surface area contributed by atoms with Crippen molar-refractivity contribution in [1.82, 2.24) is 0 Å². The maximum Gasteiger partial charge on any atom is 0.0490 e. The summed E-state index contributed by atoms with van der Waals surface area (Å²) in [4.78, 5) is 0. The second kappa shape index (κ2) is 6.47. The molecule has 0 spiro atoms. The highest BCUT2D eigenvalue weighted by Gasteiger charge is 2.73. The van der Waals surface area contributed by atoms with Gasteiger partial charge >= 0.3 is 0 Å². The van der Waals surface area contributed by atoms with Crippen LogP contribution < -0.4 is 0 Å². The number of hydrogen-bond donors (Lipinski definition) is 1. The molecule has 0 aromatic carbocycles. The summed E-state index contributed by atoms with van der Waals surface area (Å²) in [7, 11) is 0. The van der Waals surface area contributed by atoms with Crippen molar-refractivity contribution in [1.29, 1.82) is 0 Å². The minimum absolute atomic E-state index is 0.211. The molecule has 6 saturated carbocycles. The molecule has 1 heteroatoms. The van der Waals surface area contributed by atoms with Gasteiger partial charge in [0.1, 0.15) is 0 Å². The molecule has 180 valence electrons. The number of allylic oxidation sites excluding steroid dienone is 1. The van der Waals surface area contributed by atoms with Crippen LogP contribution in [0.4, 0.5) is 0 Å². The molecule has 0 bridgehead atoms. The average Bonchev–Trinajstić information content (AvgIpc) is 3.13. The molecule has 0 heterocycles. The molecule has 6 aliphatic carbocycles. The molecule has 0 aliphatic heterocycles. The molecule has 1 nitrogen and oxygen atoms in total. The third kappa shape index (κ3) is 2.32. The number of aliphatic hydroxyl groups is 1. The van der Waals surface area contributed by atoms with Crippen LogP contribution in [0.15, 0.2) is 12.2 Å². The molecule has 11 atom stereocenters. The zero-order chi connectivity index (χ0) is 22.9. The van der Waals surface area contributed by atoms with Gasteiger partial charge in [-0.3, -0.25) is 0 Å². The van der Waals surface area contributed by atoms with E-state index in [0.29, 0.717) is 40.1 Å². The fraction of sp³-hybridized carbons (Fsp3) is 0.935. The highest BCUT2D eigenvalue weighted by Crippen LogP contribution is 2.80. The van der Waals surface area contributed by atoms with E-state index in [9.17, 15) is 5.11 Å². The lowest BCUT2D eigenvalue weighted by molar-refractivity contribution is -0.264. The molecule has 6 aliphatic rings. The van der Waals surface area contributed by atoms with Crippen molar-refractivity contribution >= 4 is 0 Å². The Kier molecular flexibility index (Phi) is 4.48. The van der Waals surface area contributed by atoms with Crippen LogP contribution in [0.5, 0.6) is 0 Å². The van der Waals surface area contributed by atoms with Crippen LogP contribution >= 0.6 is 0 Å². The third-order valence-corrected chi connectivity index (χ3v) is 14.7. The summed E-state index contributed by atoms with van der Waals surface area (Å²) >= 11 is 0. The highest BCUT2D eigenvalue weighted by molar-refractivity contribution is 5.26. The Morgan fingerprint density at radius 1 is 0.844 bits per heavy atom. The van der Waals surface area contributed by atoms with E-state index in [2.05, 4.69) is 41.5 Å². The first-order valence-electron chi connectivity index (χ1n) is 14.2. The van der Waals surface area contributed by atoms with Crippen molar-refractivity contribution in [2.45, 2.75) is 106 Å². The van der Waals surface area contributed by atoms with Crippen molar-refractivity contribution in [2.75, 3.05) is 6.61 Å². The Labute approximate surface area is 198 Å². The second-order valence-electron chi connectivity index (χ2n) is 15.3. The molecular formula is C31H50O. The first kappa shape index (κ1) is 22.2. The Bertz CT molecular complexity index is 826. The van der Waals surface area contributed by atoms with Gasteiger partial charge in [-0.25, -0.2) is 0 Å². The first-order chi connectivity index (χ1) is 14.9. The van der Waals surface area contributed by atoms with Gasteiger partial charge in [0, 0.05) is 6.61 Å². The smallest absolute Gasteiger partial charge is 0.0490 e. The number of aliphatic hydroxyl groups excluding tert-OH is 1. The predicted molar refractivity (Wildman–Crippen MR) is 133 cm³/mol. The standard InChI is InChI=1S/C31H50O/c1-19-16-21-17-24-28(5)11-8-20(2)27(3,4)23(28)10-12-29(24,6)30(7)14-15-31(18-32)13-9-22(19)26(31)25(21)30/h20-26,32H,1,8-18H2,2-7H3. The van der Waals surface area contributed by atoms with Gasteiger partial charge in [0.2, 0.25) is 0 Å². The van der Waals surface area contributed by atoms with Gasteiger partial charge in [0.15, 0.2) is 0 Å². The summed E-state index contributed by atoms with van der Waals surface area (Å²) < 4.78 is 0. The van der Waals surface area contributed by atoms with Crippen molar-refractivity contribution in [3.05, 3.63) is 12.2 Å². The lowest BCUT2D eigenvalue weighted by Gasteiger charge is -2.75. The van der Waals surface area contributed by atoms with Crippen LogP contribution in [0.3, 0.4) is 0 Å². The van der Waals surface area contributed by atoms with Crippen molar-refractivity contribution < 1.29 is 5.11 Å². The van der Waals surface area contributed by atoms with E-state index in [4.69, 9.17) is 6.58 Å². The lowest BCUT2D eigenvalue weighted by Crippen LogP contribution is -2.68. The van der Waals surface area contributed by atoms with Gasteiger partial charge in [0.05, 0.1) is 0 Å². The van der Waals surface area contributed by atoms with Crippen LogP contribution in [-0.2, 0) is 0 Å². The van der Waals surface area contributed by atoms with Crippen LogP contribution in [0.1, 0.15) is 106 Å². The first-order valence-corrected chi connectivity index (χ1v) is 14.2. The van der Waals surface area contributed by atoms with E-state index >= 15 is 0 Å². The Morgan fingerprint density at radius 2 is 1.59 bits per heavy atom. The molecule has 0 amide bonds. The average molecular weight is 439 g/mol. The molecule has 11 unspecified atom stereocenters. The van der Waals surface area contributed by atoms with Crippen molar-refractivity contribution in [2.24, 2.45) is 68.5 Å². The number of fused-ring (bicyclic) bond motifs is 4. The fourth-order valence-corrected chi connectivity index (χ4v) is 12.5. The quantitative estimate of drug-likeness (QED) is 0.413. The van der Waals surface area contributed by atoms with Gasteiger partial charge in [0.25, 0.3) is 0 Å². The monoisotopic (exact) mass is 438 g/mol. The summed E-state index contributed by atoms with van der Waals surface area (Å²) in [5.41, 5.74) is 3.64. The third-order valence-electron chi connectivity index (χ3n) is 14.7.